The van der Waals surface area contributed by atoms with E-state index in [2.05, 4.69) is 73.7 Å². The highest BCUT2D eigenvalue weighted by Gasteiger charge is 2.43. The molecule has 0 radical (unpaired) electrons. The molecule has 1 aromatic rings. The molecule has 140 valence electrons. The first kappa shape index (κ1) is 19.8. The van der Waals surface area contributed by atoms with Gasteiger partial charge in [-0.2, -0.15) is 0 Å². The molecular weight excluding hydrogens is 308 g/mol. The smallest absolute Gasteiger partial charge is 0.191 e. The minimum atomic E-state index is 0.281. The van der Waals surface area contributed by atoms with Crippen LogP contribution >= 0.6 is 0 Å². The molecule has 0 heterocycles. The number of aliphatic imine (C=N–C) groups is 1. The summed E-state index contributed by atoms with van der Waals surface area (Å²) in [4.78, 5) is 7.27. The summed E-state index contributed by atoms with van der Waals surface area (Å²) in [6.45, 7) is 10.5. The van der Waals surface area contributed by atoms with Crippen LogP contribution in [0.15, 0.2) is 35.3 Å². The van der Waals surface area contributed by atoms with Crippen molar-refractivity contribution in [2.75, 3.05) is 33.2 Å². The van der Waals surface area contributed by atoms with E-state index in [-0.39, 0.29) is 5.41 Å². The van der Waals surface area contributed by atoms with Crippen molar-refractivity contribution in [2.45, 2.75) is 57.9 Å². The normalized spacial score (nSPS) is 16.3. The predicted molar refractivity (Wildman–Crippen MR) is 108 cm³/mol. The molecule has 0 atom stereocenters. The van der Waals surface area contributed by atoms with Gasteiger partial charge in [0.25, 0.3) is 0 Å². The number of unbranched alkanes of at least 4 members (excludes halogenated alkanes) is 1. The average molecular weight is 345 g/mol. The van der Waals surface area contributed by atoms with E-state index >= 15 is 0 Å². The fourth-order valence-electron chi connectivity index (χ4n) is 3.00. The predicted octanol–water partition coefficient (Wildman–Crippen LogP) is 3.39. The summed E-state index contributed by atoms with van der Waals surface area (Å²) in [5, 5.41) is 6.88. The Labute approximate surface area is 154 Å². The van der Waals surface area contributed by atoms with Gasteiger partial charge in [-0.3, -0.25) is 4.99 Å². The van der Waals surface area contributed by atoms with E-state index < -0.39 is 0 Å². The van der Waals surface area contributed by atoms with Crippen molar-refractivity contribution in [1.29, 1.82) is 0 Å². The van der Waals surface area contributed by atoms with Gasteiger partial charge in [-0.1, -0.05) is 30.3 Å². The van der Waals surface area contributed by atoms with Gasteiger partial charge >= 0.3 is 0 Å². The molecule has 4 heteroatoms. The van der Waals surface area contributed by atoms with Gasteiger partial charge in [0.2, 0.25) is 0 Å². The Kier molecular flexibility index (Phi) is 7.76. The van der Waals surface area contributed by atoms with Crippen molar-refractivity contribution in [3.05, 3.63) is 35.9 Å². The minimum absolute atomic E-state index is 0.281. The molecule has 1 aliphatic carbocycles. The first-order valence-electron chi connectivity index (χ1n) is 9.85. The van der Waals surface area contributed by atoms with Crippen LogP contribution in [0.1, 0.15) is 52.0 Å². The SMILES string of the molecule is CCNC(=NCC1(c2ccccc2)CC1)NCCCCN(C)C(C)C. The number of hydrogen-bond acceptors (Lipinski definition) is 2. The van der Waals surface area contributed by atoms with Crippen molar-refractivity contribution in [3.63, 3.8) is 0 Å². The van der Waals surface area contributed by atoms with E-state index in [1.807, 2.05) is 0 Å². The second-order valence-electron chi connectivity index (χ2n) is 7.55. The summed E-state index contributed by atoms with van der Waals surface area (Å²) in [6, 6.07) is 11.5. The van der Waals surface area contributed by atoms with E-state index in [9.17, 15) is 0 Å². The van der Waals surface area contributed by atoms with Crippen LogP contribution in [0.25, 0.3) is 0 Å². The molecule has 2 N–H and O–H groups in total. The number of rotatable bonds is 10. The van der Waals surface area contributed by atoms with Crippen LogP contribution in [-0.4, -0.2) is 50.1 Å². The quantitative estimate of drug-likeness (QED) is 0.388. The van der Waals surface area contributed by atoms with Crippen LogP contribution in [0.5, 0.6) is 0 Å². The lowest BCUT2D eigenvalue weighted by atomic mass is 9.96. The first-order valence-corrected chi connectivity index (χ1v) is 9.85. The molecule has 1 aromatic carbocycles. The van der Waals surface area contributed by atoms with Crippen molar-refractivity contribution < 1.29 is 0 Å². The topological polar surface area (TPSA) is 39.7 Å². The van der Waals surface area contributed by atoms with Crippen molar-refractivity contribution in [3.8, 4) is 0 Å². The van der Waals surface area contributed by atoms with Gasteiger partial charge in [0.05, 0.1) is 6.54 Å². The largest absolute Gasteiger partial charge is 0.357 e. The molecule has 0 spiro atoms. The summed E-state index contributed by atoms with van der Waals surface area (Å²) in [6.07, 6.45) is 4.89. The summed E-state index contributed by atoms with van der Waals surface area (Å²) < 4.78 is 0. The summed E-state index contributed by atoms with van der Waals surface area (Å²) in [7, 11) is 2.20. The zero-order chi connectivity index (χ0) is 18.1. The van der Waals surface area contributed by atoms with Crippen LogP contribution in [0.4, 0.5) is 0 Å². The molecule has 0 aromatic heterocycles. The van der Waals surface area contributed by atoms with Crippen molar-refractivity contribution in [2.24, 2.45) is 4.99 Å². The Morgan fingerprint density at radius 3 is 2.48 bits per heavy atom. The molecule has 1 fully saturated rings. The highest BCUT2D eigenvalue weighted by molar-refractivity contribution is 5.79. The van der Waals surface area contributed by atoms with Gasteiger partial charge in [-0.15, -0.1) is 0 Å². The maximum Gasteiger partial charge on any atom is 0.191 e. The molecule has 0 saturated heterocycles. The molecule has 2 rings (SSSR count). The molecule has 0 unspecified atom stereocenters. The Morgan fingerprint density at radius 2 is 1.88 bits per heavy atom. The molecule has 0 amide bonds. The summed E-state index contributed by atoms with van der Waals surface area (Å²) in [5.74, 6) is 0.960. The Morgan fingerprint density at radius 1 is 1.16 bits per heavy atom. The lowest BCUT2D eigenvalue weighted by molar-refractivity contribution is 0.268. The van der Waals surface area contributed by atoms with E-state index in [1.165, 1.54) is 31.2 Å². The fourth-order valence-corrected chi connectivity index (χ4v) is 3.00. The van der Waals surface area contributed by atoms with E-state index in [0.29, 0.717) is 6.04 Å². The number of nitrogens with one attached hydrogen (secondary N) is 2. The van der Waals surface area contributed by atoms with Crippen LogP contribution in [0, 0.1) is 0 Å². The lowest BCUT2D eigenvalue weighted by Gasteiger charge is -2.21. The third kappa shape index (κ3) is 6.35. The number of guanidine groups is 1. The van der Waals surface area contributed by atoms with Crippen LogP contribution in [0.3, 0.4) is 0 Å². The van der Waals surface area contributed by atoms with E-state index in [1.54, 1.807) is 0 Å². The monoisotopic (exact) mass is 344 g/mol. The molecule has 25 heavy (non-hydrogen) atoms. The van der Waals surface area contributed by atoms with E-state index in [4.69, 9.17) is 4.99 Å². The number of nitrogens with zero attached hydrogens (tertiary/aromatic N) is 2. The van der Waals surface area contributed by atoms with Crippen LogP contribution in [0.2, 0.25) is 0 Å². The molecular formula is C21H36N4. The third-order valence-corrected chi connectivity index (χ3v) is 5.24. The molecule has 0 bridgehead atoms. The lowest BCUT2D eigenvalue weighted by Crippen LogP contribution is -2.38. The molecule has 1 aliphatic rings. The number of hydrogen-bond donors (Lipinski definition) is 2. The summed E-state index contributed by atoms with van der Waals surface area (Å²) in [5.41, 5.74) is 1.72. The van der Waals surface area contributed by atoms with Crippen LogP contribution in [-0.2, 0) is 5.41 Å². The van der Waals surface area contributed by atoms with Crippen LogP contribution < -0.4 is 10.6 Å². The van der Waals surface area contributed by atoms with Gasteiger partial charge < -0.3 is 15.5 Å². The molecule has 1 saturated carbocycles. The van der Waals surface area contributed by atoms with Gasteiger partial charge in [-0.05, 0) is 65.6 Å². The highest BCUT2D eigenvalue weighted by Crippen LogP contribution is 2.48. The Bertz CT molecular complexity index is 520. The third-order valence-electron chi connectivity index (χ3n) is 5.24. The van der Waals surface area contributed by atoms with Gasteiger partial charge in [0.1, 0.15) is 0 Å². The Balaban J connectivity index is 1.77. The minimum Gasteiger partial charge on any atom is -0.357 e. The second-order valence-corrected chi connectivity index (χ2v) is 7.55. The van der Waals surface area contributed by atoms with Gasteiger partial charge in [0, 0.05) is 24.5 Å². The average Bonchev–Trinajstić information content (AvgIpc) is 3.41. The first-order chi connectivity index (χ1) is 12.1. The van der Waals surface area contributed by atoms with Crippen molar-refractivity contribution in [1.82, 2.24) is 15.5 Å². The zero-order valence-corrected chi connectivity index (χ0v) is 16.5. The highest BCUT2D eigenvalue weighted by atomic mass is 15.2. The zero-order valence-electron chi connectivity index (χ0n) is 16.5. The molecule has 4 nitrogen and oxygen atoms in total. The fraction of sp³-hybridized carbons (Fsp3) is 0.667. The van der Waals surface area contributed by atoms with Gasteiger partial charge in [0.15, 0.2) is 5.96 Å². The maximum absolute atomic E-state index is 4.87. The van der Waals surface area contributed by atoms with E-state index in [0.717, 1.165) is 32.1 Å². The van der Waals surface area contributed by atoms with Crippen molar-refractivity contribution >= 4 is 5.96 Å². The standard InChI is InChI=1S/C21H36N4/c1-5-22-20(23-15-9-10-16-25(4)18(2)3)24-17-21(13-14-21)19-11-7-6-8-12-19/h6-8,11-12,18H,5,9-10,13-17H2,1-4H3,(H2,22,23,24). The summed E-state index contributed by atoms with van der Waals surface area (Å²) >= 11 is 0. The van der Waals surface area contributed by atoms with Gasteiger partial charge in [-0.25, -0.2) is 0 Å². The number of benzene rings is 1. The maximum atomic E-state index is 4.87. The second kappa shape index (κ2) is 9.81. The molecule has 0 aliphatic heterocycles. The Hall–Kier alpha value is -1.55.